The molecule has 0 aliphatic carbocycles. The Labute approximate surface area is 121 Å². The fourth-order valence-electron chi connectivity index (χ4n) is 1.72. The number of halogens is 1. The van der Waals surface area contributed by atoms with Crippen molar-refractivity contribution < 1.29 is 9.53 Å². The van der Waals surface area contributed by atoms with E-state index in [0.717, 1.165) is 10.2 Å². The first-order chi connectivity index (χ1) is 9.06. The Morgan fingerprint density at radius 3 is 1.89 bits per heavy atom. The van der Waals surface area contributed by atoms with E-state index in [9.17, 15) is 4.79 Å². The zero-order valence-corrected chi connectivity index (χ0v) is 12.5. The van der Waals surface area contributed by atoms with Crippen LogP contribution < -0.4 is 4.74 Å². The van der Waals surface area contributed by atoms with Crippen LogP contribution in [0, 0.1) is 0 Å². The summed E-state index contributed by atoms with van der Waals surface area (Å²) in [6, 6.07) is 14.6. The minimum atomic E-state index is 0.0172. The molecule has 0 bridgehead atoms. The molecule has 0 amide bonds. The van der Waals surface area contributed by atoms with Crippen LogP contribution in [0.3, 0.4) is 0 Å². The molecule has 0 saturated heterocycles. The molecule has 0 N–H and O–H groups in total. The second kappa shape index (κ2) is 6.02. The number of benzene rings is 2. The highest BCUT2D eigenvalue weighted by Gasteiger charge is 2.09. The lowest BCUT2D eigenvalue weighted by molar-refractivity contribution is 0.103. The van der Waals surface area contributed by atoms with Gasteiger partial charge in [-0.25, -0.2) is 0 Å². The molecule has 0 aliphatic heterocycles. The van der Waals surface area contributed by atoms with Gasteiger partial charge in [0.25, 0.3) is 0 Å². The topological polar surface area (TPSA) is 26.3 Å². The van der Waals surface area contributed by atoms with Crippen molar-refractivity contribution in [2.24, 2.45) is 0 Å². The van der Waals surface area contributed by atoms with Gasteiger partial charge in [0.2, 0.25) is 0 Å². The number of hydrogen-bond donors (Lipinski definition) is 0. The van der Waals surface area contributed by atoms with E-state index in [-0.39, 0.29) is 11.9 Å². The molecule has 0 saturated carbocycles. The van der Waals surface area contributed by atoms with E-state index in [1.54, 1.807) is 12.1 Å². The molecule has 2 nitrogen and oxygen atoms in total. The SMILES string of the molecule is CC(C)Oc1ccc(C(=O)c2ccc(Br)cc2)cc1. The second-order valence-electron chi connectivity index (χ2n) is 4.53. The van der Waals surface area contributed by atoms with Gasteiger partial charge in [-0.15, -0.1) is 0 Å². The third-order valence-corrected chi connectivity index (χ3v) is 3.12. The molecule has 0 radical (unpaired) electrons. The van der Waals surface area contributed by atoms with E-state index in [0.29, 0.717) is 11.1 Å². The Morgan fingerprint density at radius 2 is 1.42 bits per heavy atom. The average molecular weight is 319 g/mol. The van der Waals surface area contributed by atoms with Crippen LogP contribution in [0.4, 0.5) is 0 Å². The third kappa shape index (κ3) is 3.67. The van der Waals surface area contributed by atoms with Gasteiger partial charge in [0.15, 0.2) is 5.78 Å². The van der Waals surface area contributed by atoms with Gasteiger partial charge in [-0.05, 0) is 62.4 Å². The highest BCUT2D eigenvalue weighted by molar-refractivity contribution is 9.10. The molecule has 2 rings (SSSR count). The van der Waals surface area contributed by atoms with Crippen molar-refractivity contribution in [2.45, 2.75) is 20.0 Å². The molecule has 0 heterocycles. The summed E-state index contributed by atoms with van der Waals surface area (Å²) in [5.41, 5.74) is 1.35. The number of ether oxygens (including phenoxy) is 1. The van der Waals surface area contributed by atoms with E-state index < -0.39 is 0 Å². The highest BCUT2D eigenvalue weighted by Crippen LogP contribution is 2.18. The van der Waals surface area contributed by atoms with Crippen molar-refractivity contribution in [3.63, 3.8) is 0 Å². The van der Waals surface area contributed by atoms with E-state index in [1.165, 1.54) is 0 Å². The Bertz CT molecular complexity index is 556. The van der Waals surface area contributed by atoms with Gasteiger partial charge in [-0.3, -0.25) is 4.79 Å². The Hall–Kier alpha value is -1.61. The van der Waals surface area contributed by atoms with E-state index >= 15 is 0 Å². The van der Waals surface area contributed by atoms with Crippen LogP contribution in [0.5, 0.6) is 5.75 Å². The summed E-state index contributed by atoms with van der Waals surface area (Å²) in [7, 11) is 0. The van der Waals surface area contributed by atoms with Crippen molar-refractivity contribution in [1.29, 1.82) is 0 Å². The van der Waals surface area contributed by atoms with Gasteiger partial charge in [0.05, 0.1) is 6.10 Å². The number of rotatable bonds is 4. The second-order valence-corrected chi connectivity index (χ2v) is 5.44. The summed E-state index contributed by atoms with van der Waals surface area (Å²) in [4.78, 5) is 12.2. The van der Waals surface area contributed by atoms with Crippen LogP contribution in [0.25, 0.3) is 0 Å². The van der Waals surface area contributed by atoms with Gasteiger partial charge >= 0.3 is 0 Å². The molecular weight excluding hydrogens is 304 g/mol. The molecule has 0 atom stereocenters. The van der Waals surface area contributed by atoms with Gasteiger partial charge in [0.1, 0.15) is 5.75 Å². The molecule has 2 aromatic carbocycles. The first kappa shape index (κ1) is 13.8. The minimum absolute atomic E-state index is 0.0172. The molecule has 0 spiro atoms. The molecule has 0 unspecified atom stereocenters. The predicted octanol–water partition coefficient (Wildman–Crippen LogP) is 4.47. The first-order valence-electron chi connectivity index (χ1n) is 6.13. The first-order valence-corrected chi connectivity index (χ1v) is 6.92. The van der Waals surface area contributed by atoms with Gasteiger partial charge in [0, 0.05) is 15.6 Å². The maximum Gasteiger partial charge on any atom is 0.193 e. The lowest BCUT2D eigenvalue weighted by Crippen LogP contribution is -2.06. The number of ketones is 1. The molecular formula is C16H15BrO2. The van der Waals surface area contributed by atoms with Crippen molar-refractivity contribution in [2.75, 3.05) is 0 Å². The molecule has 0 aromatic heterocycles. The number of hydrogen-bond acceptors (Lipinski definition) is 2. The average Bonchev–Trinajstić information content (AvgIpc) is 2.39. The molecule has 19 heavy (non-hydrogen) atoms. The fraction of sp³-hybridized carbons (Fsp3) is 0.188. The fourth-order valence-corrected chi connectivity index (χ4v) is 1.99. The largest absolute Gasteiger partial charge is 0.491 e. The normalized spacial score (nSPS) is 10.5. The highest BCUT2D eigenvalue weighted by atomic mass is 79.9. The van der Waals surface area contributed by atoms with Crippen LogP contribution in [0.2, 0.25) is 0 Å². The van der Waals surface area contributed by atoms with Crippen LogP contribution in [0.1, 0.15) is 29.8 Å². The maximum absolute atomic E-state index is 12.2. The Kier molecular flexibility index (Phi) is 4.38. The number of carbonyl (C=O) groups excluding carboxylic acids is 1. The minimum Gasteiger partial charge on any atom is -0.491 e. The van der Waals surface area contributed by atoms with Crippen molar-refractivity contribution in [1.82, 2.24) is 0 Å². The lowest BCUT2D eigenvalue weighted by Gasteiger charge is -2.09. The quantitative estimate of drug-likeness (QED) is 0.777. The molecule has 0 aliphatic rings. The van der Waals surface area contributed by atoms with E-state index in [2.05, 4.69) is 15.9 Å². The maximum atomic E-state index is 12.2. The smallest absolute Gasteiger partial charge is 0.193 e. The van der Waals surface area contributed by atoms with Gasteiger partial charge in [-0.1, -0.05) is 15.9 Å². The zero-order chi connectivity index (χ0) is 13.8. The predicted molar refractivity (Wildman–Crippen MR) is 79.8 cm³/mol. The van der Waals surface area contributed by atoms with Crippen LogP contribution in [-0.4, -0.2) is 11.9 Å². The van der Waals surface area contributed by atoms with Crippen molar-refractivity contribution in [3.8, 4) is 5.75 Å². The standard InChI is InChI=1S/C16H15BrO2/c1-11(2)19-15-9-5-13(6-10-15)16(18)12-3-7-14(17)8-4-12/h3-11H,1-2H3. The lowest BCUT2D eigenvalue weighted by atomic mass is 10.0. The van der Waals surface area contributed by atoms with Crippen LogP contribution in [-0.2, 0) is 0 Å². The molecule has 2 aromatic rings. The summed E-state index contributed by atoms with van der Waals surface area (Å²) in [5, 5.41) is 0. The molecule has 0 fully saturated rings. The van der Waals surface area contributed by atoms with Crippen molar-refractivity contribution in [3.05, 3.63) is 64.1 Å². The summed E-state index contributed by atoms with van der Waals surface area (Å²) in [5.74, 6) is 0.797. The van der Waals surface area contributed by atoms with Gasteiger partial charge < -0.3 is 4.74 Å². The monoisotopic (exact) mass is 318 g/mol. The summed E-state index contributed by atoms with van der Waals surface area (Å²) >= 11 is 3.36. The van der Waals surface area contributed by atoms with Crippen LogP contribution >= 0.6 is 15.9 Å². The third-order valence-electron chi connectivity index (χ3n) is 2.59. The summed E-state index contributed by atoms with van der Waals surface area (Å²) in [6.07, 6.45) is 0.132. The van der Waals surface area contributed by atoms with Crippen LogP contribution in [0.15, 0.2) is 53.0 Å². The summed E-state index contributed by atoms with van der Waals surface area (Å²) in [6.45, 7) is 3.95. The van der Waals surface area contributed by atoms with E-state index in [4.69, 9.17) is 4.74 Å². The van der Waals surface area contributed by atoms with E-state index in [1.807, 2.05) is 50.2 Å². The van der Waals surface area contributed by atoms with Crippen molar-refractivity contribution >= 4 is 21.7 Å². The summed E-state index contributed by atoms with van der Waals surface area (Å²) < 4.78 is 6.52. The van der Waals surface area contributed by atoms with Gasteiger partial charge in [-0.2, -0.15) is 0 Å². The Morgan fingerprint density at radius 1 is 0.947 bits per heavy atom. The molecule has 3 heteroatoms. The Balaban J connectivity index is 2.17. The number of carbonyl (C=O) groups is 1. The molecule has 98 valence electrons. The zero-order valence-electron chi connectivity index (χ0n) is 10.9.